The molecule has 4 unspecified atom stereocenters. The van der Waals surface area contributed by atoms with Crippen molar-refractivity contribution in [3.05, 3.63) is 53.6 Å². The van der Waals surface area contributed by atoms with E-state index >= 15 is 0 Å². The summed E-state index contributed by atoms with van der Waals surface area (Å²) in [5, 5.41) is 11.8. The minimum absolute atomic E-state index is 0.0507. The number of hydrogen-bond donors (Lipinski definition) is 1. The molecule has 180 valence electrons. The third-order valence-corrected chi connectivity index (χ3v) is 7.70. The number of ether oxygens (including phenoxy) is 1. The second kappa shape index (κ2) is 8.69. The molecule has 7 nitrogen and oxygen atoms in total. The quantitative estimate of drug-likeness (QED) is 0.568. The Balaban J connectivity index is 1.74. The average Bonchev–Trinajstić information content (AvgIpc) is 3.25. The van der Waals surface area contributed by atoms with Gasteiger partial charge in [0.15, 0.2) is 5.60 Å². The highest BCUT2D eigenvalue weighted by Crippen LogP contribution is 2.43. The highest BCUT2D eigenvalue weighted by Gasteiger charge is 2.38. The van der Waals surface area contributed by atoms with Crippen LogP contribution in [0.5, 0.6) is 0 Å². The van der Waals surface area contributed by atoms with Gasteiger partial charge in [-0.2, -0.15) is 0 Å². The molecule has 0 spiro atoms. The molecule has 1 aliphatic heterocycles. The van der Waals surface area contributed by atoms with Crippen LogP contribution in [0, 0.1) is 5.92 Å². The first-order valence-electron chi connectivity index (χ1n) is 12.4. The van der Waals surface area contributed by atoms with Gasteiger partial charge in [-0.15, -0.1) is 0 Å². The summed E-state index contributed by atoms with van der Waals surface area (Å²) in [4.78, 5) is 23.9. The van der Waals surface area contributed by atoms with Crippen molar-refractivity contribution < 1.29 is 14.6 Å². The molecular weight excluding hydrogens is 428 g/mol. The predicted octanol–water partition coefficient (Wildman–Crippen LogP) is 5.35. The van der Waals surface area contributed by atoms with Gasteiger partial charge >= 0.3 is 6.09 Å². The van der Waals surface area contributed by atoms with Crippen molar-refractivity contribution >= 4 is 22.8 Å². The molecule has 1 aliphatic carbocycles. The highest BCUT2D eigenvalue weighted by molar-refractivity contribution is 5.95. The smallest absolute Gasteiger partial charge is 0.414 e. The summed E-state index contributed by atoms with van der Waals surface area (Å²) in [5.74, 6) is 1.24. The Morgan fingerprint density at radius 2 is 2.00 bits per heavy atom. The van der Waals surface area contributed by atoms with Gasteiger partial charge < -0.3 is 14.4 Å². The van der Waals surface area contributed by atoms with Gasteiger partial charge in [0, 0.05) is 23.8 Å². The molecule has 3 heterocycles. The minimum atomic E-state index is -1.35. The molecule has 1 fully saturated rings. The fraction of sp³-hybridized carbons (Fsp3) is 0.519. The summed E-state index contributed by atoms with van der Waals surface area (Å²) in [6, 6.07) is 9.99. The van der Waals surface area contributed by atoms with Crippen molar-refractivity contribution in [2.75, 3.05) is 12.0 Å². The standard InChI is InChI=1S/C27H34N4O3/c1-17-8-7-9-19(16-17)31-22-14-13-21-20(12-11-18(2)30(21)26(32)34-4)24(22)29-25(31)27(3,33)23-10-5-6-15-28-23/h5-6,10,13-15,17-19,33H,7-9,11-12,16H2,1-4H3. The lowest BCUT2D eigenvalue weighted by Gasteiger charge is -2.34. The summed E-state index contributed by atoms with van der Waals surface area (Å²) in [6.45, 7) is 6.14. The molecule has 2 aromatic heterocycles. The molecule has 7 heteroatoms. The van der Waals surface area contributed by atoms with E-state index in [9.17, 15) is 9.90 Å². The van der Waals surface area contributed by atoms with Crippen molar-refractivity contribution in [3.63, 3.8) is 0 Å². The number of imidazole rings is 1. The summed E-state index contributed by atoms with van der Waals surface area (Å²) in [7, 11) is 1.42. The van der Waals surface area contributed by atoms with Gasteiger partial charge in [0.25, 0.3) is 0 Å². The lowest BCUT2D eigenvalue weighted by atomic mass is 9.86. The van der Waals surface area contributed by atoms with E-state index in [1.807, 2.05) is 31.2 Å². The highest BCUT2D eigenvalue weighted by atomic mass is 16.5. The van der Waals surface area contributed by atoms with E-state index in [0.29, 0.717) is 17.4 Å². The Morgan fingerprint density at radius 1 is 1.18 bits per heavy atom. The Labute approximate surface area is 200 Å². The average molecular weight is 463 g/mol. The molecule has 5 rings (SSSR count). The second-order valence-electron chi connectivity index (χ2n) is 10.2. The maximum absolute atomic E-state index is 12.6. The Hall–Kier alpha value is -2.93. The third-order valence-electron chi connectivity index (χ3n) is 7.70. The molecule has 1 amide bonds. The number of hydrogen-bond acceptors (Lipinski definition) is 5. The van der Waals surface area contributed by atoms with E-state index in [4.69, 9.17) is 9.72 Å². The zero-order valence-electron chi connectivity index (χ0n) is 20.5. The lowest BCUT2D eigenvalue weighted by Crippen LogP contribution is -2.42. The number of carbonyl (C=O) groups excluding carboxylic acids is 1. The fourth-order valence-corrected chi connectivity index (χ4v) is 5.89. The van der Waals surface area contributed by atoms with Crippen LogP contribution in [0.3, 0.4) is 0 Å². The Bertz CT molecular complexity index is 1200. The number of pyridine rings is 1. The zero-order valence-corrected chi connectivity index (χ0v) is 20.5. The van der Waals surface area contributed by atoms with Crippen molar-refractivity contribution in [2.24, 2.45) is 5.92 Å². The summed E-state index contributed by atoms with van der Waals surface area (Å²) in [5.41, 5.74) is 3.00. The molecular formula is C27H34N4O3. The van der Waals surface area contributed by atoms with Crippen molar-refractivity contribution in [1.82, 2.24) is 14.5 Å². The molecule has 4 atom stereocenters. The van der Waals surface area contributed by atoms with E-state index in [2.05, 4.69) is 22.5 Å². The van der Waals surface area contributed by atoms with Gasteiger partial charge in [0.1, 0.15) is 5.82 Å². The third kappa shape index (κ3) is 3.66. The van der Waals surface area contributed by atoms with Gasteiger partial charge in [-0.1, -0.05) is 25.8 Å². The van der Waals surface area contributed by atoms with Crippen LogP contribution in [0.1, 0.15) is 76.0 Å². The first-order valence-corrected chi connectivity index (χ1v) is 12.4. The van der Waals surface area contributed by atoms with Crippen LogP contribution in [0.2, 0.25) is 0 Å². The number of methoxy groups -OCH3 is 1. The lowest BCUT2D eigenvalue weighted by molar-refractivity contribution is 0.0797. The summed E-state index contributed by atoms with van der Waals surface area (Å²) in [6.07, 6.45) is 7.52. The van der Waals surface area contributed by atoms with Crippen LogP contribution in [0.25, 0.3) is 11.0 Å². The first-order chi connectivity index (χ1) is 16.3. The van der Waals surface area contributed by atoms with Gasteiger partial charge in [-0.25, -0.2) is 9.78 Å². The maximum Gasteiger partial charge on any atom is 0.414 e. The molecule has 1 aromatic carbocycles. The van der Waals surface area contributed by atoms with E-state index in [-0.39, 0.29) is 18.2 Å². The van der Waals surface area contributed by atoms with E-state index in [1.54, 1.807) is 18.0 Å². The largest absolute Gasteiger partial charge is 0.452 e. The number of benzene rings is 1. The van der Waals surface area contributed by atoms with Crippen LogP contribution >= 0.6 is 0 Å². The van der Waals surface area contributed by atoms with Crippen molar-refractivity contribution in [3.8, 4) is 0 Å². The molecule has 2 aliphatic rings. The molecule has 0 bridgehead atoms. The normalized spacial score (nSPS) is 24.5. The first kappa shape index (κ1) is 22.8. The van der Waals surface area contributed by atoms with Gasteiger partial charge in [0.2, 0.25) is 0 Å². The number of aromatic nitrogens is 3. The topological polar surface area (TPSA) is 80.5 Å². The summed E-state index contributed by atoms with van der Waals surface area (Å²) >= 11 is 0. The van der Waals surface area contributed by atoms with Gasteiger partial charge in [-0.3, -0.25) is 9.88 Å². The van der Waals surface area contributed by atoms with Crippen LogP contribution < -0.4 is 4.90 Å². The second-order valence-corrected chi connectivity index (χ2v) is 10.2. The molecule has 1 N–H and O–H groups in total. The predicted molar refractivity (Wildman–Crippen MR) is 132 cm³/mol. The minimum Gasteiger partial charge on any atom is -0.452 e. The van der Waals surface area contributed by atoms with Gasteiger partial charge in [0.05, 0.1) is 29.5 Å². The number of rotatable bonds is 3. The van der Waals surface area contributed by atoms with E-state index in [1.165, 1.54) is 13.5 Å². The number of aliphatic hydroxyl groups is 1. The summed E-state index contributed by atoms with van der Waals surface area (Å²) < 4.78 is 7.35. The van der Waals surface area contributed by atoms with Crippen LogP contribution in [-0.2, 0) is 16.8 Å². The number of nitrogens with zero attached hydrogens (tertiary/aromatic N) is 4. The zero-order chi connectivity index (χ0) is 24.0. The van der Waals surface area contributed by atoms with Gasteiger partial charge in [-0.05, 0) is 69.7 Å². The number of aryl methyl sites for hydroxylation is 1. The van der Waals surface area contributed by atoms with E-state index in [0.717, 1.165) is 54.4 Å². The van der Waals surface area contributed by atoms with Crippen molar-refractivity contribution in [1.29, 1.82) is 0 Å². The van der Waals surface area contributed by atoms with Crippen molar-refractivity contribution in [2.45, 2.75) is 77.0 Å². The SMILES string of the molecule is COC(=O)N1c2ccc3c(nc(C(C)(O)c4ccccn4)n3C3CCCC(C)C3)c2CCC1C. The molecule has 3 aromatic rings. The van der Waals surface area contributed by atoms with Crippen LogP contribution in [0.4, 0.5) is 10.5 Å². The number of amides is 1. The fourth-order valence-electron chi connectivity index (χ4n) is 5.89. The Kier molecular flexibility index (Phi) is 5.84. The molecule has 0 saturated heterocycles. The van der Waals surface area contributed by atoms with Crippen LogP contribution in [-0.4, -0.2) is 38.9 Å². The number of fused-ring (bicyclic) bond motifs is 3. The maximum atomic E-state index is 12.6. The molecule has 1 saturated carbocycles. The van der Waals surface area contributed by atoms with Crippen LogP contribution in [0.15, 0.2) is 36.5 Å². The Morgan fingerprint density at radius 3 is 2.71 bits per heavy atom. The molecule has 0 radical (unpaired) electrons. The number of anilines is 1. The number of carbonyl (C=O) groups is 1. The van der Waals surface area contributed by atoms with E-state index < -0.39 is 5.60 Å². The monoisotopic (exact) mass is 462 g/mol. The molecule has 34 heavy (non-hydrogen) atoms.